The highest BCUT2D eigenvalue weighted by Gasteiger charge is 2.46. The Morgan fingerprint density at radius 2 is 2.04 bits per heavy atom. The van der Waals surface area contributed by atoms with Crippen LogP contribution in [0, 0.1) is 18.4 Å². The van der Waals surface area contributed by atoms with E-state index in [0.29, 0.717) is 5.69 Å². The van der Waals surface area contributed by atoms with Crippen molar-refractivity contribution in [3.63, 3.8) is 0 Å². The summed E-state index contributed by atoms with van der Waals surface area (Å²) in [6.07, 6.45) is 17.4. The molecule has 2 unspecified atom stereocenters. The van der Waals surface area contributed by atoms with Gasteiger partial charge in [0.05, 0.1) is 11.4 Å². The highest BCUT2D eigenvalue weighted by molar-refractivity contribution is 5.94. The maximum Gasteiger partial charge on any atom is 0.283 e. The summed E-state index contributed by atoms with van der Waals surface area (Å²) < 4.78 is 0. The van der Waals surface area contributed by atoms with Gasteiger partial charge < -0.3 is 0 Å². The zero-order chi connectivity index (χ0) is 17.3. The van der Waals surface area contributed by atoms with E-state index < -0.39 is 0 Å². The van der Waals surface area contributed by atoms with Crippen molar-refractivity contribution in [3.8, 4) is 23.7 Å². The van der Waals surface area contributed by atoms with E-state index in [2.05, 4.69) is 32.4 Å². The van der Waals surface area contributed by atoms with Crippen molar-refractivity contribution in [3.05, 3.63) is 42.1 Å². The molecule has 3 aliphatic carbocycles. The lowest BCUT2D eigenvalue weighted by molar-refractivity contribution is 0.0964. The summed E-state index contributed by atoms with van der Waals surface area (Å²) in [7, 11) is 0. The van der Waals surface area contributed by atoms with Gasteiger partial charge >= 0.3 is 0 Å². The molecule has 2 heterocycles. The van der Waals surface area contributed by atoms with Crippen molar-refractivity contribution in [2.24, 2.45) is 5.92 Å². The number of nitrogens with zero attached hydrogens (tertiary/aromatic N) is 3. The van der Waals surface area contributed by atoms with Crippen molar-refractivity contribution < 1.29 is 4.79 Å². The summed E-state index contributed by atoms with van der Waals surface area (Å²) in [5.74, 6) is 0.480. The topological polar surface area (TPSA) is 67.8 Å². The maximum atomic E-state index is 12.0. The Labute approximate surface area is 147 Å². The Bertz CT molecular complexity index is 815. The number of nitrogens with one attached hydrogen (secondary N) is 1. The van der Waals surface area contributed by atoms with Gasteiger partial charge in [-0.15, -0.1) is 0 Å². The standard InChI is InChI=1S/C15H17N3O.C5H3N/c1-2-16-14(19)12-13(18-9-8-17-12)15-6-3-4-11(10-15)5-7-15;1-2-5-4(1)3-6-5/h1,8-9,11H,3-7,10H2,(H,16,19);1-3H. The number of amides is 1. The fourth-order valence-electron chi connectivity index (χ4n) is 4.34. The molecule has 25 heavy (non-hydrogen) atoms. The average Bonchev–Trinajstić information content (AvgIpc) is 2.94. The van der Waals surface area contributed by atoms with E-state index >= 15 is 0 Å². The second kappa shape index (κ2) is 6.29. The summed E-state index contributed by atoms with van der Waals surface area (Å²) >= 11 is 0. The van der Waals surface area contributed by atoms with Crippen molar-refractivity contribution >= 4 is 5.91 Å². The molecule has 2 atom stereocenters. The Kier molecular flexibility index (Phi) is 3.96. The lowest BCUT2D eigenvalue weighted by Gasteiger charge is -2.33. The summed E-state index contributed by atoms with van der Waals surface area (Å²) in [5, 5.41) is 2.38. The third-order valence-electron chi connectivity index (χ3n) is 5.64. The van der Waals surface area contributed by atoms with E-state index in [1.54, 1.807) is 12.4 Å². The van der Waals surface area contributed by atoms with Gasteiger partial charge in [-0.2, -0.15) is 0 Å². The molecular formula is C20H20N4O. The van der Waals surface area contributed by atoms with Crippen molar-refractivity contribution in [1.82, 2.24) is 20.3 Å². The van der Waals surface area contributed by atoms with Gasteiger partial charge in [0.25, 0.3) is 5.91 Å². The molecule has 0 spiro atoms. The Morgan fingerprint density at radius 1 is 1.20 bits per heavy atom. The van der Waals surface area contributed by atoms with E-state index in [1.165, 1.54) is 30.5 Å². The van der Waals surface area contributed by atoms with E-state index in [-0.39, 0.29) is 11.3 Å². The molecule has 5 rings (SSSR count). The number of rotatable bonds is 2. The molecule has 5 heteroatoms. The fraction of sp³-hybridized carbons (Fsp3) is 0.400. The molecule has 1 aromatic rings. The normalized spacial score (nSPS) is 24.5. The third kappa shape index (κ3) is 2.78. The van der Waals surface area contributed by atoms with Crippen LogP contribution in [0.15, 0.2) is 30.7 Å². The van der Waals surface area contributed by atoms with Crippen LogP contribution in [0.2, 0.25) is 0 Å². The first-order valence-electron chi connectivity index (χ1n) is 8.76. The summed E-state index contributed by atoms with van der Waals surface area (Å²) in [5.41, 5.74) is 3.80. The van der Waals surface area contributed by atoms with E-state index in [0.717, 1.165) is 30.9 Å². The molecule has 0 aromatic carbocycles. The maximum absolute atomic E-state index is 12.0. The van der Waals surface area contributed by atoms with Gasteiger partial charge in [-0.1, -0.05) is 19.3 Å². The number of hydrogen-bond acceptors (Lipinski definition) is 4. The minimum atomic E-state index is -0.311. The monoisotopic (exact) mass is 332 g/mol. The van der Waals surface area contributed by atoms with Gasteiger partial charge in [0.15, 0.2) is 5.69 Å². The Balaban J connectivity index is 0.000000217. The van der Waals surface area contributed by atoms with Gasteiger partial charge in [0.1, 0.15) is 0 Å². The van der Waals surface area contributed by atoms with Gasteiger partial charge in [-0.3, -0.25) is 20.1 Å². The highest BCUT2D eigenvalue weighted by Crippen LogP contribution is 2.52. The summed E-state index contributed by atoms with van der Waals surface area (Å²) in [6.45, 7) is 0. The fourth-order valence-corrected chi connectivity index (χ4v) is 4.34. The van der Waals surface area contributed by atoms with Gasteiger partial charge in [-0.05, 0) is 43.7 Å². The van der Waals surface area contributed by atoms with Gasteiger partial charge in [0, 0.05) is 35.6 Å². The number of carbonyl (C=O) groups is 1. The molecule has 2 bridgehead atoms. The van der Waals surface area contributed by atoms with Crippen LogP contribution in [0.25, 0.3) is 11.3 Å². The number of fused-ring (bicyclic) bond motifs is 3. The van der Waals surface area contributed by atoms with E-state index in [9.17, 15) is 4.79 Å². The van der Waals surface area contributed by atoms with E-state index in [4.69, 9.17) is 6.42 Å². The first kappa shape index (κ1) is 15.8. The van der Waals surface area contributed by atoms with Crippen LogP contribution in [-0.4, -0.2) is 20.9 Å². The minimum absolute atomic E-state index is 0.0540. The molecule has 1 aliphatic heterocycles. The Hall–Kier alpha value is -2.74. The molecule has 1 amide bonds. The molecule has 1 N–H and O–H groups in total. The number of aromatic nitrogens is 3. The number of hydrogen-bond donors (Lipinski definition) is 1. The van der Waals surface area contributed by atoms with Crippen LogP contribution in [0.1, 0.15) is 54.7 Å². The quantitative estimate of drug-likeness (QED) is 0.578. The molecule has 2 saturated carbocycles. The van der Waals surface area contributed by atoms with Gasteiger partial charge in [0.2, 0.25) is 0 Å². The predicted octanol–water partition coefficient (Wildman–Crippen LogP) is 3.08. The summed E-state index contributed by atoms with van der Waals surface area (Å²) in [4.78, 5) is 24.6. The second-order valence-corrected chi connectivity index (χ2v) is 7.07. The van der Waals surface area contributed by atoms with Crippen LogP contribution in [0.5, 0.6) is 0 Å². The number of pyridine rings is 1. The SMILES string of the molecule is C#CNC(=O)c1nccnc1C12CCCC(CC1)C2.c1cc2ncc1-2. The molecule has 2 fully saturated rings. The lowest BCUT2D eigenvalue weighted by atomic mass is 9.72. The molecule has 4 aliphatic rings. The lowest BCUT2D eigenvalue weighted by Crippen LogP contribution is -2.32. The zero-order valence-electron chi connectivity index (χ0n) is 14.0. The molecule has 5 nitrogen and oxygen atoms in total. The number of terminal acetylenes is 1. The van der Waals surface area contributed by atoms with Crippen molar-refractivity contribution in [2.75, 3.05) is 0 Å². The predicted molar refractivity (Wildman–Crippen MR) is 94.4 cm³/mol. The molecule has 0 radical (unpaired) electrons. The van der Waals surface area contributed by atoms with Crippen LogP contribution in [0.3, 0.4) is 0 Å². The molecular weight excluding hydrogens is 312 g/mol. The van der Waals surface area contributed by atoms with Crippen LogP contribution < -0.4 is 5.32 Å². The molecule has 0 saturated heterocycles. The minimum Gasteiger partial charge on any atom is -0.280 e. The van der Waals surface area contributed by atoms with E-state index in [1.807, 2.05) is 12.3 Å². The zero-order valence-corrected chi connectivity index (χ0v) is 14.0. The number of carbonyl (C=O) groups excluding carboxylic acids is 1. The largest absolute Gasteiger partial charge is 0.283 e. The Morgan fingerprint density at radius 3 is 2.68 bits per heavy atom. The average molecular weight is 332 g/mol. The first-order valence-corrected chi connectivity index (χ1v) is 8.76. The van der Waals surface area contributed by atoms with Gasteiger partial charge in [-0.25, -0.2) is 4.98 Å². The van der Waals surface area contributed by atoms with Crippen molar-refractivity contribution in [2.45, 2.75) is 43.9 Å². The smallest absolute Gasteiger partial charge is 0.280 e. The van der Waals surface area contributed by atoms with Crippen LogP contribution >= 0.6 is 0 Å². The van der Waals surface area contributed by atoms with Crippen LogP contribution in [0.4, 0.5) is 0 Å². The van der Waals surface area contributed by atoms with Crippen LogP contribution in [-0.2, 0) is 5.41 Å². The molecule has 1 aromatic heterocycles. The molecule has 126 valence electrons. The summed E-state index contributed by atoms with van der Waals surface area (Å²) in [6, 6.07) is 6.24. The van der Waals surface area contributed by atoms with Crippen molar-refractivity contribution in [1.29, 1.82) is 0 Å². The third-order valence-corrected chi connectivity index (χ3v) is 5.64. The highest BCUT2D eigenvalue weighted by atomic mass is 16.1. The second-order valence-electron chi connectivity index (χ2n) is 7.07. The first-order chi connectivity index (χ1) is 12.2.